The molecule has 1 amide bonds. The molecule has 1 aliphatic rings. The van der Waals surface area contributed by atoms with Crippen LogP contribution in [0.4, 0.5) is 5.69 Å². The van der Waals surface area contributed by atoms with Gasteiger partial charge in [-0.3, -0.25) is 14.9 Å². The predicted octanol–water partition coefficient (Wildman–Crippen LogP) is 4.84. The number of nitro benzene ring substituents is 1. The third-order valence-electron chi connectivity index (χ3n) is 5.07. The fourth-order valence-corrected chi connectivity index (χ4v) is 4.10. The lowest BCUT2D eigenvalue weighted by Gasteiger charge is -2.21. The van der Waals surface area contributed by atoms with Crippen LogP contribution in [0, 0.1) is 27.4 Å². The van der Waals surface area contributed by atoms with Gasteiger partial charge in [-0.25, -0.2) is 0 Å². The minimum absolute atomic E-state index is 0.170. The number of carbonyl (C=O) groups is 1. The Morgan fingerprint density at radius 3 is 2.80 bits per heavy atom. The standard InChI is InChI=1S/C22H23N3O4S/c23-13-18(22(26)24-14-20-7-4-10-30-20)11-17-12-19(8-9-21(17)25(27)28)29-15-16-5-2-1-3-6-16/h4,7-12,16H,1-3,5-6,14-15H2,(H,24,26)/b18-11+. The minimum atomic E-state index is -0.575. The van der Waals surface area contributed by atoms with Crippen molar-refractivity contribution in [2.45, 2.75) is 38.6 Å². The SMILES string of the molecule is N#C/C(=C\c1cc(OCC2CCCCC2)ccc1[N+](=O)[O-])C(=O)NCc1cccs1. The van der Waals surface area contributed by atoms with E-state index in [2.05, 4.69) is 5.32 Å². The highest BCUT2D eigenvalue weighted by atomic mass is 32.1. The highest BCUT2D eigenvalue weighted by Gasteiger charge is 2.18. The van der Waals surface area contributed by atoms with Crippen molar-refractivity contribution in [2.24, 2.45) is 5.92 Å². The summed E-state index contributed by atoms with van der Waals surface area (Å²) in [6.07, 6.45) is 7.16. The molecule has 0 aliphatic heterocycles. The summed E-state index contributed by atoms with van der Waals surface area (Å²) in [5.74, 6) is 0.410. The Kier molecular flexibility index (Phi) is 7.57. The summed E-state index contributed by atoms with van der Waals surface area (Å²) in [7, 11) is 0. The number of thiophene rings is 1. The van der Waals surface area contributed by atoms with Crippen molar-refractivity contribution in [3.8, 4) is 11.8 Å². The van der Waals surface area contributed by atoms with Crippen LogP contribution in [0.2, 0.25) is 0 Å². The van der Waals surface area contributed by atoms with Crippen LogP contribution in [-0.2, 0) is 11.3 Å². The monoisotopic (exact) mass is 425 g/mol. The number of nitro groups is 1. The number of nitriles is 1. The van der Waals surface area contributed by atoms with E-state index in [1.54, 1.807) is 6.07 Å². The number of hydrogen-bond acceptors (Lipinski definition) is 6. The summed E-state index contributed by atoms with van der Waals surface area (Å²) in [4.78, 5) is 24.2. The van der Waals surface area contributed by atoms with E-state index in [-0.39, 0.29) is 16.8 Å². The summed E-state index contributed by atoms with van der Waals surface area (Å²) in [5, 5.41) is 25.4. The summed E-state index contributed by atoms with van der Waals surface area (Å²) < 4.78 is 5.86. The van der Waals surface area contributed by atoms with Gasteiger partial charge in [-0.2, -0.15) is 5.26 Å². The molecule has 1 aliphatic carbocycles. The Bertz CT molecular complexity index is 957. The largest absolute Gasteiger partial charge is 0.493 e. The Balaban J connectivity index is 1.75. The molecule has 0 saturated heterocycles. The zero-order chi connectivity index (χ0) is 21.3. The minimum Gasteiger partial charge on any atom is -0.493 e. The van der Waals surface area contributed by atoms with Gasteiger partial charge in [-0.1, -0.05) is 25.3 Å². The first-order valence-electron chi connectivity index (χ1n) is 9.90. The van der Waals surface area contributed by atoms with Crippen LogP contribution < -0.4 is 10.1 Å². The summed E-state index contributed by atoms with van der Waals surface area (Å²) >= 11 is 1.49. The van der Waals surface area contributed by atoms with Crippen molar-refractivity contribution in [3.63, 3.8) is 0 Å². The smallest absolute Gasteiger partial charge is 0.276 e. The van der Waals surface area contributed by atoms with E-state index in [1.165, 1.54) is 48.8 Å². The number of ether oxygens (including phenoxy) is 1. The molecule has 0 unspecified atom stereocenters. The molecule has 30 heavy (non-hydrogen) atoms. The molecule has 156 valence electrons. The highest BCUT2D eigenvalue weighted by molar-refractivity contribution is 7.09. The van der Waals surface area contributed by atoms with Crippen LogP contribution in [0.15, 0.2) is 41.3 Å². The zero-order valence-corrected chi connectivity index (χ0v) is 17.3. The second-order valence-corrected chi connectivity index (χ2v) is 8.26. The molecule has 2 aromatic rings. The molecule has 1 saturated carbocycles. The van der Waals surface area contributed by atoms with E-state index in [1.807, 2.05) is 23.6 Å². The molecular weight excluding hydrogens is 402 g/mol. The van der Waals surface area contributed by atoms with Crippen molar-refractivity contribution in [2.75, 3.05) is 6.61 Å². The lowest BCUT2D eigenvalue weighted by molar-refractivity contribution is -0.385. The van der Waals surface area contributed by atoms with E-state index < -0.39 is 10.8 Å². The molecule has 1 heterocycles. The van der Waals surface area contributed by atoms with Crippen molar-refractivity contribution in [1.82, 2.24) is 5.32 Å². The number of amides is 1. The molecule has 7 nitrogen and oxygen atoms in total. The second-order valence-electron chi connectivity index (χ2n) is 7.22. The maximum atomic E-state index is 12.4. The molecule has 1 N–H and O–H groups in total. The van der Waals surface area contributed by atoms with Crippen LogP contribution in [-0.4, -0.2) is 17.4 Å². The third-order valence-corrected chi connectivity index (χ3v) is 5.95. The quantitative estimate of drug-likeness (QED) is 0.282. The van der Waals surface area contributed by atoms with Crippen molar-refractivity contribution in [1.29, 1.82) is 5.26 Å². The van der Waals surface area contributed by atoms with Crippen molar-refractivity contribution < 1.29 is 14.5 Å². The average molecular weight is 426 g/mol. The molecular formula is C22H23N3O4S. The Morgan fingerprint density at radius 1 is 1.33 bits per heavy atom. The summed E-state index contributed by atoms with van der Waals surface area (Å²) in [6.45, 7) is 0.857. The van der Waals surface area contributed by atoms with Crippen LogP contribution in [0.1, 0.15) is 42.5 Å². The molecule has 0 spiro atoms. The fraction of sp³-hybridized carbons (Fsp3) is 0.364. The lowest BCUT2D eigenvalue weighted by atomic mass is 9.90. The first-order valence-corrected chi connectivity index (χ1v) is 10.8. The molecule has 0 radical (unpaired) electrons. The van der Waals surface area contributed by atoms with Gasteiger partial charge in [-0.05, 0) is 48.4 Å². The van der Waals surface area contributed by atoms with Gasteiger partial charge in [0.05, 0.1) is 23.6 Å². The zero-order valence-electron chi connectivity index (χ0n) is 16.5. The van der Waals surface area contributed by atoms with Gasteiger partial charge in [-0.15, -0.1) is 11.3 Å². The van der Waals surface area contributed by atoms with Crippen LogP contribution in [0.3, 0.4) is 0 Å². The van der Waals surface area contributed by atoms with Gasteiger partial charge < -0.3 is 10.1 Å². The van der Waals surface area contributed by atoms with Gasteiger partial charge in [0.25, 0.3) is 11.6 Å². The van der Waals surface area contributed by atoms with E-state index >= 15 is 0 Å². The highest BCUT2D eigenvalue weighted by Crippen LogP contribution is 2.28. The Morgan fingerprint density at radius 2 is 2.13 bits per heavy atom. The predicted molar refractivity (Wildman–Crippen MR) is 115 cm³/mol. The topological polar surface area (TPSA) is 105 Å². The van der Waals surface area contributed by atoms with E-state index in [0.717, 1.165) is 17.7 Å². The Hall–Kier alpha value is -3.18. The number of carbonyl (C=O) groups excluding carboxylic acids is 1. The fourth-order valence-electron chi connectivity index (χ4n) is 3.45. The number of benzene rings is 1. The first-order chi connectivity index (χ1) is 14.6. The van der Waals surface area contributed by atoms with Crippen LogP contribution >= 0.6 is 11.3 Å². The van der Waals surface area contributed by atoms with Gasteiger partial charge in [0.15, 0.2) is 0 Å². The number of nitrogens with zero attached hydrogens (tertiary/aromatic N) is 2. The second kappa shape index (κ2) is 10.6. The first kappa shape index (κ1) is 21.5. The maximum absolute atomic E-state index is 12.4. The van der Waals surface area contributed by atoms with E-state index in [9.17, 15) is 20.2 Å². The molecule has 0 atom stereocenters. The molecule has 0 bridgehead atoms. The van der Waals surface area contributed by atoms with Gasteiger partial charge in [0, 0.05) is 10.9 Å². The van der Waals surface area contributed by atoms with Crippen molar-refractivity contribution in [3.05, 3.63) is 61.8 Å². The molecule has 1 aromatic carbocycles. The van der Waals surface area contributed by atoms with Crippen molar-refractivity contribution >= 4 is 29.0 Å². The van der Waals surface area contributed by atoms with Gasteiger partial charge in [0.2, 0.25) is 0 Å². The summed E-state index contributed by atoms with van der Waals surface area (Å²) in [5.41, 5.74) is -0.207. The Labute approximate surface area is 179 Å². The maximum Gasteiger partial charge on any atom is 0.276 e. The number of hydrogen-bond donors (Lipinski definition) is 1. The van der Waals surface area contributed by atoms with Crippen LogP contribution in [0.25, 0.3) is 6.08 Å². The van der Waals surface area contributed by atoms with E-state index in [4.69, 9.17) is 4.74 Å². The summed E-state index contributed by atoms with van der Waals surface area (Å²) in [6, 6.07) is 10.0. The number of rotatable bonds is 8. The molecule has 3 rings (SSSR count). The average Bonchev–Trinajstić information content (AvgIpc) is 3.28. The lowest BCUT2D eigenvalue weighted by Crippen LogP contribution is -2.23. The normalized spacial score (nSPS) is 14.7. The van der Waals surface area contributed by atoms with E-state index in [0.29, 0.717) is 24.8 Å². The molecule has 1 fully saturated rings. The van der Waals surface area contributed by atoms with Crippen LogP contribution in [0.5, 0.6) is 5.75 Å². The van der Waals surface area contributed by atoms with Gasteiger partial charge in [0.1, 0.15) is 17.4 Å². The molecule has 1 aromatic heterocycles. The molecule has 8 heteroatoms. The van der Waals surface area contributed by atoms with Gasteiger partial charge >= 0.3 is 0 Å². The number of nitrogens with one attached hydrogen (secondary N) is 1. The third kappa shape index (κ3) is 5.91.